The van der Waals surface area contributed by atoms with Crippen LogP contribution in [0.5, 0.6) is 0 Å². The first-order chi connectivity index (χ1) is 8.20. The molecule has 90 valence electrons. The van der Waals surface area contributed by atoms with Crippen molar-refractivity contribution in [1.82, 2.24) is 9.78 Å². The number of rotatable bonds is 4. The summed E-state index contributed by atoms with van der Waals surface area (Å²) < 4.78 is 1.99. The van der Waals surface area contributed by atoms with Gasteiger partial charge in [-0.2, -0.15) is 5.10 Å². The number of aryl methyl sites for hydroxylation is 3. The van der Waals surface area contributed by atoms with Crippen LogP contribution in [0, 0.1) is 13.8 Å². The molecular formula is C14H19N3. The van der Waals surface area contributed by atoms with Crippen molar-refractivity contribution in [2.75, 3.05) is 6.54 Å². The number of nitrogens with zero attached hydrogens (tertiary/aromatic N) is 2. The van der Waals surface area contributed by atoms with Crippen molar-refractivity contribution in [2.24, 2.45) is 5.73 Å². The highest BCUT2D eigenvalue weighted by Gasteiger charge is 2.04. The van der Waals surface area contributed by atoms with E-state index in [-0.39, 0.29) is 0 Å². The molecule has 0 unspecified atom stereocenters. The van der Waals surface area contributed by atoms with Crippen molar-refractivity contribution < 1.29 is 0 Å². The van der Waals surface area contributed by atoms with Gasteiger partial charge in [-0.05, 0) is 57.0 Å². The summed E-state index contributed by atoms with van der Waals surface area (Å²) >= 11 is 0. The molecule has 1 heterocycles. The molecule has 0 saturated carbocycles. The van der Waals surface area contributed by atoms with Gasteiger partial charge in [0.2, 0.25) is 0 Å². The molecule has 3 heteroatoms. The highest BCUT2D eigenvalue weighted by molar-refractivity contribution is 5.37. The van der Waals surface area contributed by atoms with Gasteiger partial charge < -0.3 is 5.73 Å². The maximum Gasteiger partial charge on any atom is 0.0651 e. The van der Waals surface area contributed by atoms with E-state index in [9.17, 15) is 0 Å². The average molecular weight is 229 g/mol. The Balaban J connectivity index is 2.29. The predicted octanol–water partition coefficient (Wildman–Crippen LogP) is 2.38. The predicted molar refractivity (Wildman–Crippen MR) is 70.4 cm³/mol. The molecule has 2 N–H and O–H groups in total. The zero-order valence-electron chi connectivity index (χ0n) is 10.5. The van der Waals surface area contributed by atoms with Gasteiger partial charge in [0, 0.05) is 5.69 Å². The molecule has 0 aliphatic heterocycles. The van der Waals surface area contributed by atoms with Crippen LogP contribution in [-0.2, 0) is 6.42 Å². The molecule has 0 aliphatic carbocycles. The van der Waals surface area contributed by atoms with E-state index in [1.165, 1.54) is 11.3 Å². The molecule has 0 radical (unpaired) electrons. The molecule has 0 fully saturated rings. The van der Waals surface area contributed by atoms with E-state index >= 15 is 0 Å². The van der Waals surface area contributed by atoms with Crippen molar-refractivity contribution in [3.05, 3.63) is 47.3 Å². The molecule has 0 saturated heterocycles. The van der Waals surface area contributed by atoms with Crippen LogP contribution >= 0.6 is 0 Å². The minimum Gasteiger partial charge on any atom is -0.330 e. The minimum atomic E-state index is 0.740. The maximum atomic E-state index is 5.54. The third-order valence-electron chi connectivity index (χ3n) is 2.83. The summed E-state index contributed by atoms with van der Waals surface area (Å²) in [7, 11) is 0. The molecular weight excluding hydrogens is 210 g/mol. The first-order valence-electron chi connectivity index (χ1n) is 6.03. The monoisotopic (exact) mass is 229 g/mol. The van der Waals surface area contributed by atoms with Gasteiger partial charge in [-0.25, -0.2) is 4.68 Å². The SMILES string of the molecule is Cc1cc(C)n(-c2cccc(CCCN)c2)n1. The van der Waals surface area contributed by atoms with Gasteiger partial charge in [0.05, 0.1) is 11.4 Å². The molecule has 17 heavy (non-hydrogen) atoms. The highest BCUT2D eigenvalue weighted by Crippen LogP contribution is 2.14. The first-order valence-corrected chi connectivity index (χ1v) is 6.03. The van der Waals surface area contributed by atoms with Crippen molar-refractivity contribution in [3.8, 4) is 5.69 Å². The number of aromatic nitrogens is 2. The molecule has 1 aromatic heterocycles. The fraction of sp³-hybridized carbons (Fsp3) is 0.357. The summed E-state index contributed by atoms with van der Waals surface area (Å²) in [6, 6.07) is 10.6. The van der Waals surface area contributed by atoms with Crippen LogP contribution in [0.15, 0.2) is 30.3 Å². The second-order valence-electron chi connectivity index (χ2n) is 4.40. The Bertz CT molecular complexity index is 500. The Morgan fingerprint density at radius 3 is 2.71 bits per heavy atom. The van der Waals surface area contributed by atoms with Crippen LogP contribution in [0.1, 0.15) is 23.4 Å². The van der Waals surface area contributed by atoms with E-state index in [1.54, 1.807) is 0 Å². The zero-order chi connectivity index (χ0) is 12.3. The van der Waals surface area contributed by atoms with E-state index in [4.69, 9.17) is 5.73 Å². The van der Waals surface area contributed by atoms with Crippen molar-refractivity contribution in [3.63, 3.8) is 0 Å². The van der Waals surface area contributed by atoms with Gasteiger partial charge in [-0.3, -0.25) is 0 Å². The summed E-state index contributed by atoms with van der Waals surface area (Å²) in [6.07, 6.45) is 2.06. The molecule has 0 amide bonds. The zero-order valence-corrected chi connectivity index (χ0v) is 10.5. The smallest absolute Gasteiger partial charge is 0.0651 e. The van der Waals surface area contributed by atoms with E-state index in [1.807, 2.05) is 11.6 Å². The minimum absolute atomic E-state index is 0.740. The summed E-state index contributed by atoms with van der Waals surface area (Å²) in [6.45, 7) is 4.83. The third kappa shape index (κ3) is 2.74. The fourth-order valence-electron chi connectivity index (χ4n) is 2.04. The van der Waals surface area contributed by atoms with E-state index in [0.717, 1.165) is 30.8 Å². The molecule has 0 aliphatic rings. The van der Waals surface area contributed by atoms with Gasteiger partial charge in [0.25, 0.3) is 0 Å². The standard InChI is InChI=1S/C14H19N3/c1-11-9-12(2)17(16-11)14-7-3-5-13(10-14)6-4-8-15/h3,5,7,9-10H,4,6,8,15H2,1-2H3. The summed E-state index contributed by atoms with van der Waals surface area (Å²) in [5, 5.41) is 4.49. The molecule has 1 aromatic carbocycles. The van der Waals surface area contributed by atoms with Gasteiger partial charge >= 0.3 is 0 Å². The van der Waals surface area contributed by atoms with E-state index in [0.29, 0.717) is 0 Å². The van der Waals surface area contributed by atoms with E-state index < -0.39 is 0 Å². The van der Waals surface area contributed by atoms with Crippen LogP contribution in [-0.4, -0.2) is 16.3 Å². The van der Waals surface area contributed by atoms with Gasteiger partial charge in [0.1, 0.15) is 0 Å². The molecule has 2 rings (SSSR count). The number of hydrogen-bond donors (Lipinski definition) is 1. The third-order valence-corrected chi connectivity index (χ3v) is 2.83. The maximum absolute atomic E-state index is 5.54. The largest absolute Gasteiger partial charge is 0.330 e. The topological polar surface area (TPSA) is 43.8 Å². The molecule has 3 nitrogen and oxygen atoms in total. The summed E-state index contributed by atoms with van der Waals surface area (Å²) in [5.41, 5.74) is 10.2. The van der Waals surface area contributed by atoms with Crippen LogP contribution in [0.3, 0.4) is 0 Å². The quantitative estimate of drug-likeness (QED) is 0.874. The number of hydrogen-bond acceptors (Lipinski definition) is 2. The van der Waals surface area contributed by atoms with Crippen molar-refractivity contribution in [2.45, 2.75) is 26.7 Å². The second kappa shape index (κ2) is 5.15. The Kier molecular flexibility index (Phi) is 3.59. The Morgan fingerprint density at radius 2 is 2.06 bits per heavy atom. The van der Waals surface area contributed by atoms with Crippen LogP contribution < -0.4 is 5.73 Å². The van der Waals surface area contributed by atoms with Crippen molar-refractivity contribution in [1.29, 1.82) is 0 Å². The normalized spacial score (nSPS) is 10.8. The molecule has 0 spiro atoms. The first kappa shape index (κ1) is 11.9. The summed E-state index contributed by atoms with van der Waals surface area (Å²) in [5.74, 6) is 0. The lowest BCUT2D eigenvalue weighted by Crippen LogP contribution is -2.02. The van der Waals surface area contributed by atoms with E-state index in [2.05, 4.69) is 42.4 Å². The average Bonchev–Trinajstić information content (AvgIpc) is 2.66. The number of benzene rings is 1. The lowest BCUT2D eigenvalue weighted by molar-refractivity contribution is 0.814. The molecule has 2 aromatic rings. The van der Waals surface area contributed by atoms with Gasteiger partial charge in [-0.1, -0.05) is 12.1 Å². The fourth-order valence-corrected chi connectivity index (χ4v) is 2.04. The number of nitrogens with two attached hydrogens (primary N) is 1. The lowest BCUT2D eigenvalue weighted by atomic mass is 10.1. The summed E-state index contributed by atoms with van der Waals surface area (Å²) in [4.78, 5) is 0. The van der Waals surface area contributed by atoms with Crippen molar-refractivity contribution >= 4 is 0 Å². The Morgan fingerprint density at radius 1 is 1.24 bits per heavy atom. The lowest BCUT2D eigenvalue weighted by Gasteiger charge is -2.07. The van der Waals surface area contributed by atoms with Gasteiger partial charge in [-0.15, -0.1) is 0 Å². The van der Waals surface area contributed by atoms with Gasteiger partial charge in [0.15, 0.2) is 0 Å². The van der Waals surface area contributed by atoms with Crippen LogP contribution in [0.2, 0.25) is 0 Å². The molecule has 0 bridgehead atoms. The Labute approximate surface area is 102 Å². The second-order valence-corrected chi connectivity index (χ2v) is 4.40. The van der Waals surface area contributed by atoms with Crippen LogP contribution in [0.25, 0.3) is 5.69 Å². The molecule has 0 atom stereocenters. The highest BCUT2D eigenvalue weighted by atomic mass is 15.3. The Hall–Kier alpha value is -1.61. The van der Waals surface area contributed by atoms with Crippen LogP contribution in [0.4, 0.5) is 0 Å².